The standard InChI is InChI=1S/C10H13NO5S/c1-2-7-16-10(12)8-3-5-9(6-4-8)11-17(13,14)15/h3-6,11H,2,7H2,1H3,(H,13,14,15). The molecule has 0 saturated heterocycles. The molecular formula is C10H13NO5S. The molecule has 1 aromatic carbocycles. The monoisotopic (exact) mass is 259 g/mol. The first-order valence-corrected chi connectivity index (χ1v) is 6.39. The molecule has 0 aliphatic carbocycles. The summed E-state index contributed by atoms with van der Waals surface area (Å²) in [5.74, 6) is -0.467. The Morgan fingerprint density at radius 1 is 1.35 bits per heavy atom. The highest BCUT2D eigenvalue weighted by Crippen LogP contribution is 2.11. The van der Waals surface area contributed by atoms with Crippen molar-refractivity contribution in [1.82, 2.24) is 0 Å². The zero-order valence-corrected chi connectivity index (χ0v) is 10.0. The first-order chi connectivity index (χ1) is 7.92. The Balaban J connectivity index is 2.71. The van der Waals surface area contributed by atoms with E-state index in [4.69, 9.17) is 9.29 Å². The third kappa shape index (κ3) is 4.83. The SMILES string of the molecule is CCCOC(=O)c1ccc(NS(=O)(=O)O)cc1. The fourth-order valence-corrected chi connectivity index (χ4v) is 1.54. The Hall–Kier alpha value is -1.60. The summed E-state index contributed by atoms with van der Waals surface area (Å²) in [6, 6.07) is 5.53. The second-order valence-electron chi connectivity index (χ2n) is 3.29. The van der Waals surface area contributed by atoms with Crippen LogP contribution in [0.15, 0.2) is 24.3 Å². The minimum Gasteiger partial charge on any atom is -0.462 e. The lowest BCUT2D eigenvalue weighted by Gasteiger charge is -2.05. The van der Waals surface area contributed by atoms with Gasteiger partial charge in [0.15, 0.2) is 0 Å². The van der Waals surface area contributed by atoms with Gasteiger partial charge in [0.25, 0.3) is 0 Å². The summed E-state index contributed by atoms with van der Waals surface area (Å²) in [6.07, 6.45) is 0.730. The van der Waals surface area contributed by atoms with Gasteiger partial charge in [0.05, 0.1) is 17.9 Å². The van der Waals surface area contributed by atoms with Crippen molar-refractivity contribution in [3.8, 4) is 0 Å². The number of hydrogen-bond donors (Lipinski definition) is 2. The maximum absolute atomic E-state index is 11.4. The molecular weight excluding hydrogens is 246 g/mol. The Kier molecular flexibility index (Phi) is 4.47. The summed E-state index contributed by atoms with van der Waals surface area (Å²) >= 11 is 0. The topological polar surface area (TPSA) is 92.7 Å². The van der Waals surface area contributed by atoms with Crippen LogP contribution in [0, 0.1) is 0 Å². The van der Waals surface area contributed by atoms with Crippen molar-refractivity contribution >= 4 is 22.0 Å². The second-order valence-corrected chi connectivity index (χ2v) is 4.44. The van der Waals surface area contributed by atoms with Crippen LogP contribution in [-0.2, 0) is 15.0 Å². The van der Waals surface area contributed by atoms with Crippen LogP contribution >= 0.6 is 0 Å². The Morgan fingerprint density at radius 2 is 1.94 bits per heavy atom. The van der Waals surface area contributed by atoms with Gasteiger partial charge in [-0.25, -0.2) is 4.79 Å². The number of rotatable bonds is 5. The molecule has 0 saturated carbocycles. The molecule has 0 spiro atoms. The summed E-state index contributed by atoms with van der Waals surface area (Å²) in [4.78, 5) is 11.4. The predicted octanol–water partition coefficient (Wildman–Crippen LogP) is 1.47. The van der Waals surface area contributed by atoms with Crippen LogP contribution in [-0.4, -0.2) is 25.5 Å². The molecule has 0 bridgehead atoms. The minimum absolute atomic E-state index is 0.166. The number of carbonyl (C=O) groups excluding carboxylic acids is 1. The van der Waals surface area contributed by atoms with E-state index in [0.29, 0.717) is 12.2 Å². The third-order valence-corrected chi connectivity index (χ3v) is 2.30. The molecule has 94 valence electrons. The zero-order valence-electron chi connectivity index (χ0n) is 9.21. The molecule has 0 amide bonds. The molecule has 17 heavy (non-hydrogen) atoms. The summed E-state index contributed by atoms with van der Waals surface area (Å²) in [5.41, 5.74) is 0.485. The zero-order chi connectivity index (χ0) is 12.9. The fraction of sp³-hybridized carbons (Fsp3) is 0.300. The summed E-state index contributed by atoms with van der Waals surface area (Å²) in [5, 5.41) is 0. The minimum atomic E-state index is -4.29. The average molecular weight is 259 g/mol. The van der Waals surface area contributed by atoms with E-state index in [2.05, 4.69) is 0 Å². The smallest absolute Gasteiger partial charge is 0.357 e. The van der Waals surface area contributed by atoms with E-state index >= 15 is 0 Å². The van der Waals surface area contributed by atoms with Crippen LogP contribution in [0.5, 0.6) is 0 Å². The average Bonchev–Trinajstić information content (AvgIpc) is 2.24. The fourth-order valence-electron chi connectivity index (χ4n) is 1.10. The molecule has 0 fully saturated rings. The lowest BCUT2D eigenvalue weighted by atomic mass is 10.2. The summed E-state index contributed by atoms with van der Waals surface area (Å²) < 4.78 is 36.3. The van der Waals surface area contributed by atoms with Crippen LogP contribution in [0.3, 0.4) is 0 Å². The number of carbonyl (C=O) groups is 1. The van der Waals surface area contributed by atoms with Crippen molar-refractivity contribution < 1.29 is 22.5 Å². The van der Waals surface area contributed by atoms with Gasteiger partial charge < -0.3 is 4.74 Å². The summed E-state index contributed by atoms with van der Waals surface area (Å²) in [6.45, 7) is 2.22. The van der Waals surface area contributed by atoms with E-state index < -0.39 is 16.3 Å². The first kappa shape index (κ1) is 13.5. The normalized spacial score (nSPS) is 10.9. The number of anilines is 1. The molecule has 2 N–H and O–H groups in total. The van der Waals surface area contributed by atoms with Crippen molar-refractivity contribution in [3.63, 3.8) is 0 Å². The quantitative estimate of drug-likeness (QED) is 0.617. The van der Waals surface area contributed by atoms with Crippen LogP contribution in [0.25, 0.3) is 0 Å². The number of hydrogen-bond acceptors (Lipinski definition) is 4. The van der Waals surface area contributed by atoms with Gasteiger partial charge in [-0.05, 0) is 30.7 Å². The predicted molar refractivity (Wildman–Crippen MR) is 62.2 cm³/mol. The lowest BCUT2D eigenvalue weighted by Crippen LogP contribution is -2.11. The molecule has 0 heterocycles. The molecule has 1 rings (SSSR count). The van der Waals surface area contributed by atoms with Gasteiger partial charge in [0, 0.05) is 0 Å². The third-order valence-electron chi connectivity index (χ3n) is 1.80. The molecule has 0 aliphatic heterocycles. The van der Waals surface area contributed by atoms with E-state index in [-0.39, 0.29) is 5.69 Å². The maximum Gasteiger partial charge on any atom is 0.357 e. The van der Waals surface area contributed by atoms with Crippen molar-refractivity contribution in [1.29, 1.82) is 0 Å². The highest BCUT2D eigenvalue weighted by atomic mass is 32.2. The van der Waals surface area contributed by atoms with E-state index in [9.17, 15) is 13.2 Å². The second kappa shape index (κ2) is 5.65. The number of benzene rings is 1. The Labute approximate surface area is 99.5 Å². The molecule has 0 atom stereocenters. The van der Waals surface area contributed by atoms with Crippen LogP contribution in [0.2, 0.25) is 0 Å². The van der Waals surface area contributed by atoms with Gasteiger partial charge in [-0.2, -0.15) is 8.42 Å². The van der Waals surface area contributed by atoms with Crippen molar-refractivity contribution in [2.24, 2.45) is 0 Å². The number of ether oxygens (including phenoxy) is 1. The van der Waals surface area contributed by atoms with E-state index in [1.54, 1.807) is 0 Å². The molecule has 7 heteroatoms. The van der Waals surface area contributed by atoms with Gasteiger partial charge in [-0.15, -0.1) is 0 Å². The van der Waals surface area contributed by atoms with Gasteiger partial charge in [0.1, 0.15) is 0 Å². The Morgan fingerprint density at radius 3 is 2.41 bits per heavy atom. The highest BCUT2D eigenvalue weighted by Gasteiger charge is 2.08. The van der Waals surface area contributed by atoms with E-state index in [1.165, 1.54) is 24.3 Å². The van der Waals surface area contributed by atoms with Crippen LogP contribution in [0.4, 0.5) is 5.69 Å². The maximum atomic E-state index is 11.4. The van der Waals surface area contributed by atoms with Gasteiger partial charge in [-0.1, -0.05) is 6.92 Å². The molecule has 1 aromatic rings. The molecule has 0 aromatic heterocycles. The molecule has 0 radical (unpaired) electrons. The van der Waals surface area contributed by atoms with Crippen LogP contribution in [0.1, 0.15) is 23.7 Å². The largest absolute Gasteiger partial charge is 0.462 e. The van der Waals surface area contributed by atoms with Crippen molar-refractivity contribution in [3.05, 3.63) is 29.8 Å². The van der Waals surface area contributed by atoms with E-state index in [1.807, 2.05) is 11.6 Å². The number of nitrogens with one attached hydrogen (secondary N) is 1. The van der Waals surface area contributed by atoms with Gasteiger partial charge >= 0.3 is 16.3 Å². The highest BCUT2D eigenvalue weighted by molar-refractivity contribution is 7.87. The van der Waals surface area contributed by atoms with Crippen molar-refractivity contribution in [2.45, 2.75) is 13.3 Å². The molecule has 0 aliphatic rings. The first-order valence-electron chi connectivity index (χ1n) is 4.95. The van der Waals surface area contributed by atoms with Crippen molar-refractivity contribution in [2.75, 3.05) is 11.3 Å². The van der Waals surface area contributed by atoms with Gasteiger partial charge in [0.2, 0.25) is 0 Å². The number of esters is 1. The van der Waals surface area contributed by atoms with Crippen LogP contribution < -0.4 is 4.72 Å². The molecule has 0 unspecified atom stereocenters. The molecule has 6 nitrogen and oxygen atoms in total. The lowest BCUT2D eigenvalue weighted by molar-refractivity contribution is 0.0505. The van der Waals surface area contributed by atoms with Gasteiger partial charge in [-0.3, -0.25) is 9.27 Å². The summed E-state index contributed by atoms with van der Waals surface area (Å²) in [7, 11) is -4.29. The Bertz CT molecular complexity index is 480. The van der Waals surface area contributed by atoms with E-state index in [0.717, 1.165) is 6.42 Å².